The minimum Gasteiger partial charge on any atom is -0.118 e. The van der Waals surface area contributed by atoms with Gasteiger partial charge in [-0.05, 0) is 12.8 Å². The molecule has 0 amide bonds. The van der Waals surface area contributed by atoms with Gasteiger partial charge in [-0.3, -0.25) is 0 Å². The lowest BCUT2D eigenvalue weighted by Crippen LogP contribution is -1.86. The van der Waals surface area contributed by atoms with Gasteiger partial charge < -0.3 is 0 Å². The van der Waals surface area contributed by atoms with Crippen molar-refractivity contribution in [3.63, 3.8) is 0 Å². The van der Waals surface area contributed by atoms with E-state index in [2.05, 4.69) is 19.9 Å². The number of hydrogen-bond donors (Lipinski definition) is 0. The fraction of sp³-hybridized carbons (Fsp3) is 0.714. The molecular formula is C7H13Cl. The van der Waals surface area contributed by atoms with E-state index in [1.165, 1.54) is 0 Å². The van der Waals surface area contributed by atoms with Crippen molar-refractivity contribution in [2.45, 2.75) is 32.1 Å². The van der Waals surface area contributed by atoms with Gasteiger partial charge in [0.2, 0.25) is 0 Å². The Morgan fingerprint density at radius 3 is 2.50 bits per heavy atom. The summed E-state index contributed by atoms with van der Waals surface area (Å²) in [4.78, 5) is 0. The third kappa shape index (κ3) is 4.20. The van der Waals surface area contributed by atoms with Gasteiger partial charge in [0, 0.05) is 0 Å². The largest absolute Gasteiger partial charge is 0.118 e. The first kappa shape index (κ1) is 8.03. The van der Waals surface area contributed by atoms with Crippen LogP contribution in [-0.4, -0.2) is 5.38 Å². The summed E-state index contributed by atoms with van der Waals surface area (Å²) in [5, 5.41) is 0.245. The molecule has 1 atom stereocenters. The second-order valence-electron chi connectivity index (χ2n) is 1.76. The van der Waals surface area contributed by atoms with Crippen LogP contribution in [0.4, 0.5) is 0 Å². The van der Waals surface area contributed by atoms with Crippen LogP contribution in [0.2, 0.25) is 0 Å². The number of halogens is 1. The lowest BCUT2D eigenvalue weighted by molar-refractivity contribution is 0.959. The maximum atomic E-state index is 5.76. The molecule has 1 heteroatoms. The van der Waals surface area contributed by atoms with E-state index < -0.39 is 0 Å². The molecule has 0 radical (unpaired) electrons. The Morgan fingerprint density at radius 2 is 2.12 bits per heavy atom. The van der Waals surface area contributed by atoms with Crippen LogP contribution in [0.1, 0.15) is 26.7 Å². The van der Waals surface area contributed by atoms with Crippen molar-refractivity contribution in [2.75, 3.05) is 0 Å². The zero-order valence-corrected chi connectivity index (χ0v) is 6.28. The molecule has 0 nitrogen and oxygen atoms in total. The molecule has 0 aromatic rings. The predicted molar refractivity (Wildman–Crippen MR) is 39.4 cm³/mol. The minimum absolute atomic E-state index is 0.245. The second-order valence-corrected chi connectivity index (χ2v) is 2.32. The highest BCUT2D eigenvalue weighted by Crippen LogP contribution is 2.02. The first-order valence-corrected chi connectivity index (χ1v) is 3.55. The molecular weight excluding hydrogens is 120 g/mol. The molecule has 0 aliphatic rings. The van der Waals surface area contributed by atoms with Crippen molar-refractivity contribution in [3.05, 3.63) is 12.2 Å². The van der Waals surface area contributed by atoms with Gasteiger partial charge in [0.1, 0.15) is 0 Å². The quantitative estimate of drug-likeness (QED) is 0.409. The summed E-state index contributed by atoms with van der Waals surface area (Å²) in [6, 6.07) is 0. The van der Waals surface area contributed by atoms with Crippen LogP contribution in [0, 0.1) is 0 Å². The zero-order valence-electron chi connectivity index (χ0n) is 5.52. The highest BCUT2D eigenvalue weighted by molar-refractivity contribution is 6.21. The molecule has 0 fully saturated rings. The monoisotopic (exact) mass is 132 g/mol. The van der Waals surface area contributed by atoms with Gasteiger partial charge in [-0.25, -0.2) is 0 Å². The fourth-order valence-corrected chi connectivity index (χ4v) is 0.523. The molecule has 0 bridgehead atoms. The van der Waals surface area contributed by atoms with Crippen LogP contribution in [0.15, 0.2) is 12.2 Å². The van der Waals surface area contributed by atoms with E-state index in [1.54, 1.807) is 0 Å². The summed E-state index contributed by atoms with van der Waals surface area (Å²) >= 11 is 5.76. The van der Waals surface area contributed by atoms with Crippen molar-refractivity contribution in [1.82, 2.24) is 0 Å². The molecule has 0 rings (SSSR count). The molecule has 1 unspecified atom stereocenters. The van der Waals surface area contributed by atoms with Crippen LogP contribution in [0.3, 0.4) is 0 Å². The Morgan fingerprint density at radius 1 is 1.50 bits per heavy atom. The van der Waals surface area contributed by atoms with E-state index >= 15 is 0 Å². The summed E-state index contributed by atoms with van der Waals surface area (Å²) in [7, 11) is 0. The zero-order chi connectivity index (χ0) is 6.41. The van der Waals surface area contributed by atoms with Gasteiger partial charge in [0.25, 0.3) is 0 Å². The molecule has 0 aliphatic carbocycles. The lowest BCUT2D eigenvalue weighted by Gasteiger charge is -1.94. The summed E-state index contributed by atoms with van der Waals surface area (Å²) in [6.45, 7) is 4.19. The first-order chi connectivity index (χ1) is 3.81. The SMILES string of the molecule is CCC=CC(Cl)CC. The topological polar surface area (TPSA) is 0 Å². The van der Waals surface area contributed by atoms with Crippen molar-refractivity contribution in [2.24, 2.45) is 0 Å². The Bertz CT molecular complexity index is 66.8. The van der Waals surface area contributed by atoms with E-state index in [0.29, 0.717) is 0 Å². The van der Waals surface area contributed by atoms with Crippen molar-refractivity contribution in [3.8, 4) is 0 Å². The molecule has 0 saturated carbocycles. The molecule has 0 aromatic carbocycles. The van der Waals surface area contributed by atoms with Gasteiger partial charge in [-0.1, -0.05) is 26.0 Å². The van der Waals surface area contributed by atoms with Crippen molar-refractivity contribution in [1.29, 1.82) is 0 Å². The summed E-state index contributed by atoms with van der Waals surface area (Å²) in [6.07, 6.45) is 6.25. The van der Waals surface area contributed by atoms with E-state index in [0.717, 1.165) is 12.8 Å². The molecule has 0 saturated heterocycles. The standard InChI is InChI=1S/C7H13Cl/c1-3-5-6-7(8)4-2/h5-7H,3-4H2,1-2H3. The molecule has 0 spiro atoms. The highest BCUT2D eigenvalue weighted by atomic mass is 35.5. The van der Waals surface area contributed by atoms with Crippen molar-refractivity contribution >= 4 is 11.6 Å². The lowest BCUT2D eigenvalue weighted by atomic mass is 10.3. The number of alkyl halides is 1. The summed E-state index contributed by atoms with van der Waals surface area (Å²) < 4.78 is 0. The number of allylic oxidation sites excluding steroid dienone is 2. The molecule has 48 valence electrons. The molecule has 0 aliphatic heterocycles. The van der Waals surface area contributed by atoms with Gasteiger partial charge >= 0.3 is 0 Å². The molecule has 0 heterocycles. The van der Waals surface area contributed by atoms with Crippen molar-refractivity contribution < 1.29 is 0 Å². The smallest absolute Gasteiger partial charge is 0.0513 e. The van der Waals surface area contributed by atoms with E-state index in [4.69, 9.17) is 11.6 Å². The maximum absolute atomic E-state index is 5.76. The average molecular weight is 133 g/mol. The Hall–Kier alpha value is 0.0300. The summed E-state index contributed by atoms with van der Waals surface area (Å²) in [5.41, 5.74) is 0. The minimum atomic E-state index is 0.245. The number of hydrogen-bond acceptors (Lipinski definition) is 0. The molecule has 0 N–H and O–H groups in total. The van der Waals surface area contributed by atoms with Gasteiger partial charge in [0.05, 0.1) is 5.38 Å². The van der Waals surface area contributed by atoms with E-state index in [-0.39, 0.29) is 5.38 Å². The van der Waals surface area contributed by atoms with E-state index in [1.807, 2.05) is 6.08 Å². The predicted octanol–water partition coefficient (Wildman–Crippen LogP) is 2.97. The second kappa shape index (κ2) is 5.17. The average Bonchev–Trinajstić information content (AvgIpc) is 1.83. The van der Waals surface area contributed by atoms with Crippen LogP contribution in [-0.2, 0) is 0 Å². The third-order valence-electron chi connectivity index (χ3n) is 0.971. The molecule has 8 heavy (non-hydrogen) atoms. The van der Waals surface area contributed by atoms with Crippen LogP contribution >= 0.6 is 11.6 Å². The summed E-state index contributed by atoms with van der Waals surface area (Å²) in [5.74, 6) is 0. The van der Waals surface area contributed by atoms with Crippen LogP contribution < -0.4 is 0 Å². The van der Waals surface area contributed by atoms with Gasteiger partial charge in [0.15, 0.2) is 0 Å². The fourth-order valence-electron chi connectivity index (χ4n) is 0.420. The van der Waals surface area contributed by atoms with Crippen LogP contribution in [0.25, 0.3) is 0 Å². The van der Waals surface area contributed by atoms with Crippen LogP contribution in [0.5, 0.6) is 0 Å². The van der Waals surface area contributed by atoms with Gasteiger partial charge in [-0.2, -0.15) is 0 Å². The Balaban J connectivity index is 3.21. The highest BCUT2D eigenvalue weighted by Gasteiger charge is 1.90. The molecule has 0 aromatic heterocycles. The normalized spacial score (nSPS) is 14.9. The Labute approximate surface area is 56.5 Å². The first-order valence-electron chi connectivity index (χ1n) is 3.12. The van der Waals surface area contributed by atoms with Gasteiger partial charge in [-0.15, -0.1) is 11.6 Å². The maximum Gasteiger partial charge on any atom is 0.0513 e. The Kier molecular flexibility index (Phi) is 5.19. The van der Waals surface area contributed by atoms with E-state index in [9.17, 15) is 0 Å². The number of rotatable bonds is 3. The third-order valence-corrected chi connectivity index (χ3v) is 1.42.